The van der Waals surface area contributed by atoms with Crippen molar-refractivity contribution in [3.05, 3.63) is 52.3 Å². The molecule has 2 heteroatoms. The van der Waals surface area contributed by atoms with Crippen LogP contribution >= 0.6 is 0 Å². The monoisotopic (exact) mass is 255 g/mol. The summed E-state index contributed by atoms with van der Waals surface area (Å²) < 4.78 is 2.22. The third-order valence-corrected chi connectivity index (χ3v) is 3.79. The smallest absolute Gasteiger partial charge is 0.151 e. The summed E-state index contributed by atoms with van der Waals surface area (Å²) in [7, 11) is 0. The number of hydrogen-bond acceptors (Lipinski definition) is 1. The van der Waals surface area contributed by atoms with E-state index in [2.05, 4.69) is 43.5 Å². The zero-order valence-electron chi connectivity index (χ0n) is 12.2. The normalized spacial score (nSPS) is 10.7. The average molecular weight is 255 g/mol. The molecule has 0 N–H and O–H groups in total. The van der Waals surface area contributed by atoms with Crippen molar-refractivity contribution in [2.45, 2.75) is 40.5 Å². The summed E-state index contributed by atoms with van der Waals surface area (Å²) in [4.78, 5) is 11.1. The third-order valence-electron chi connectivity index (χ3n) is 3.79. The van der Waals surface area contributed by atoms with E-state index in [1.54, 1.807) is 0 Å². The average Bonchev–Trinajstić information content (AvgIpc) is 2.72. The molecule has 0 bridgehead atoms. The van der Waals surface area contributed by atoms with Gasteiger partial charge in [0.25, 0.3) is 0 Å². The second-order valence-electron chi connectivity index (χ2n) is 4.91. The number of carbonyl (C=O) groups is 1. The van der Waals surface area contributed by atoms with Crippen molar-refractivity contribution in [3.8, 4) is 5.69 Å². The SMILES string of the molecule is CCc1cccc(CC)c1-n1c(C)cc(C=O)c1C. The fourth-order valence-corrected chi connectivity index (χ4v) is 2.75. The topological polar surface area (TPSA) is 22.0 Å². The van der Waals surface area contributed by atoms with Crippen molar-refractivity contribution >= 4 is 6.29 Å². The van der Waals surface area contributed by atoms with E-state index in [-0.39, 0.29) is 0 Å². The van der Waals surface area contributed by atoms with Crippen LogP contribution in [0.4, 0.5) is 0 Å². The van der Waals surface area contributed by atoms with Crippen LogP contribution in [0.15, 0.2) is 24.3 Å². The molecule has 0 aliphatic heterocycles. The minimum absolute atomic E-state index is 0.783. The van der Waals surface area contributed by atoms with Gasteiger partial charge >= 0.3 is 0 Å². The lowest BCUT2D eigenvalue weighted by atomic mass is 10.0. The Kier molecular flexibility index (Phi) is 3.89. The minimum atomic E-state index is 0.783. The number of para-hydroxylation sites is 1. The lowest BCUT2D eigenvalue weighted by Crippen LogP contribution is -2.07. The summed E-state index contributed by atoms with van der Waals surface area (Å²) in [6, 6.07) is 8.44. The summed E-state index contributed by atoms with van der Waals surface area (Å²) in [5.41, 5.74) is 6.86. The number of carbonyl (C=O) groups excluding carboxylic acids is 1. The van der Waals surface area contributed by atoms with Crippen LogP contribution in [0.5, 0.6) is 0 Å². The highest BCUT2D eigenvalue weighted by Gasteiger charge is 2.15. The van der Waals surface area contributed by atoms with E-state index in [0.29, 0.717) is 0 Å². The number of aromatic nitrogens is 1. The molecule has 100 valence electrons. The van der Waals surface area contributed by atoms with Crippen molar-refractivity contribution in [1.29, 1.82) is 0 Å². The van der Waals surface area contributed by atoms with E-state index in [4.69, 9.17) is 0 Å². The van der Waals surface area contributed by atoms with Crippen LogP contribution in [0.2, 0.25) is 0 Å². The van der Waals surface area contributed by atoms with Crippen LogP contribution in [0.25, 0.3) is 5.69 Å². The molecule has 0 unspecified atom stereocenters. The highest BCUT2D eigenvalue weighted by Crippen LogP contribution is 2.26. The first kappa shape index (κ1) is 13.6. The summed E-state index contributed by atoms with van der Waals surface area (Å²) in [6.45, 7) is 8.43. The Morgan fingerprint density at radius 2 is 1.68 bits per heavy atom. The molecule has 1 aromatic carbocycles. The number of aryl methyl sites for hydroxylation is 3. The van der Waals surface area contributed by atoms with Gasteiger partial charge in [0, 0.05) is 17.0 Å². The minimum Gasteiger partial charge on any atom is -0.317 e. The first-order valence-electron chi connectivity index (χ1n) is 6.89. The van der Waals surface area contributed by atoms with Gasteiger partial charge in [-0.15, -0.1) is 0 Å². The molecular formula is C17H21NO. The predicted molar refractivity (Wildman–Crippen MR) is 79.4 cm³/mol. The molecular weight excluding hydrogens is 234 g/mol. The number of nitrogens with zero attached hydrogens (tertiary/aromatic N) is 1. The van der Waals surface area contributed by atoms with Gasteiger partial charge in [-0.05, 0) is 43.9 Å². The van der Waals surface area contributed by atoms with E-state index in [1.807, 2.05) is 13.0 Å². The Balaban J connectivity index is 2.77. The fraction of sp³-hybridized carbons (Fsp3) is 0.353. The van der Waals surface area contributed by atoms with Crippen molar-refractivity contribution < 1.29 is 4.79 Å². The molecule has 19 heavy (non-hydrogen) atoms. The Morgan fingerprint density at radius 1 is 1.11 bits per heavy atom. The van der Waals surface area contributed by atoms with Crippen molar-refractivity contribution in [2.24, 2.45) is 0 Å². The zero-order valence-corrected chi connectivity index (χ0v) is 12.2. The molecule has 0 radical (unpaired) electrons. The summed E-state index contributed by atoms with van der Waals surface area (Å²) >= 11 is 0. The molecule has 0 saturated carbocycles. The highest BCUT2D eigenvalue weighted by atomic mass is 16.1. The molecule has 2 aromatic rings. The van der Waals surface area contributed by atoms with Crippen molar-refractivity contribution in [3.63, 3.8) is 0 Å². The maximum absolute atomic E-state index is 11.1. The quantitative estimate of drug-likeness (QED) is 0.756. The van der Waals surface area contributed by atoms with Crippen molar-refractivity contribution in [2.75, 3.05) is 0 Å². The molecule has 0 aliphatic rings. The molecule has 0 fully saturated rings. The second-order valence-corrected chi connectivity index (χ2v) is 4.91. The Labute approximate surface area is 115 Å². The maximum Gasteiger partial charge on any atom is 0.151 e. The number of benzene rings is 1. The predicted octanol–water partition coefficient (Wildman–Crippen LogP) is 4.03. The van der Waals surface area contributed by atoms with Crippen LogP contribution < -0.4 is 0 Å². The number of rotatable bonds is 4. The lowest BCUT2D eigenvalue weighted by molar-refractivity contribution is 0.112. The van der Waals surface area contributed by atoms with E-state index in [9.17, 15) is 4.79 Å². The second kappa shape index (κ2) is 5.43. The van der Waals surface area contributed by atoms with E-state index < -0.39 is 0 Å². The highest BCUT2D eigenvalue weighted by molar-refractivity contribution is 5.78. The molecule has 0 saturated heterocycles. The summed E-state index contributed by atoms with van der Waals surface area (Å²) in [5.74, 6) is 0. The zero-order chi connectivity index (χ0) is 14.0. The van der Waals surface area contributed by atoms with Crippen LogP contribution in [-0.2, 0) is 12.8 Å². The maximum atomic E-state index is 11.1. The first-order valence-corrected chi connectivity index (χ1v) is 6.89. The summed E-state index contributed by atoms with van der Waals surface area (Å²) in [5, 5.41) is 0. The molecule has 0 spiro atoms. The summed E-state index contributed by atoms with van der Waals surface area (Å²) in [6.07, 6.45) is 2.94. The Morgan fingerprint density at radius 3 is 2.11 bits per heavy atom. The third kappa shape index (κ3) is 2.23. The molecule has 0 atom stereocenters. The van der Waals surface area contributed by atoms with Gasteiger partial charge in [0.05, 0.1) is 5.69 Å². The molecule has 2 rings (SSSR count). The largest absolute Gasteiger partial charge is 0.317 e. The van der Waals surface area contributed by atoms with E-state index in [0.717, 1.165) is 36.1 Å². The van der Waals surface area contributed by atoms with Crippen LogP contribution in [-0.4, -0.2) is 10.9 Å². The van der Waals surface area contributed by atoms with Gasteiger partial charge in [0.2, 0.25) is 0 Å². The first-order chi connectivity index (χ1) is 9.13. The molecule has 0 amide bonds. The van der Waals surface area contributed by atoms with E-state index in [1.165, 1.54) is 16.8 Å². The lowest BCUT2D eigenvalue weighted by Gasteiger charge is -2.18. The van der Waals surface area contributed by atoms with Crippen LogP contribution in [0.3, 0.4) is 0 Å². The Hall–Kier alpha value is -1.83. The van der Waals surface area contributed by atoms with Gasteiger partial charge in [-0.3, -0.25) is 4.79 Å². The molecule has 2 nitrogen and oxygen atoms in total. The van der Waals surface area contributed by atoms with Gasteiger partial charge in [-0.2, -0.15) is 0 Å². The van der Waals surface area contributed by atoms with Gasteiger partial charge in [-0.25, -0.2) is 0 Å². The van der Waals surface area contributed by atoms with Gasteiger partial charge in [0.15, 0.2) is 6.29 Å². The molecule has 1 heterocycles. The van der Waals surface area contributed by atoms with Gasteiger partial charge < -0.3 is 4.57 Å². The number of hydrogen-bond donors (Lipinski definition) is 0. The van der Waals surface area contributed by atoms with E-state index >= 15 is 0 Å². The van der Waals surface area contributed by atoms with Gasteiger partial charge in [-0.1, -0.05) is 32.0 Å². The fourth-order valence-electron chi connectivity index (χ4n) is 2.75. The van der Waals surface area contributed by atoms with Crippen molar-refractivity contribution in [1.82, 2.24) is 4.57 Å². The van der Waals surface area contributed by atoms with Crippen LogP contribution in [0.1, 0.15) is 46.7 Å². The van der Waals surface area contributed by atoms with Gasteiger partial charge in [0.1, 0.15) is 0 Å². The Bertz CT molecular complexity index is 586. The molecule has 0 aliphatic carbocycles. The standard InChI is InChI=1S/C17H21NO/c1-5-14-8-7-9-15(6-2)17(14)18-12(3)10-16(11-19)13(18)4/h7-11H,5-6H2,1-4H3. The van der Waals surface area contributed by atoms with Crippen LogP contribution in [0, 0.1) is 13.8 Å². The molecule has 1 aromatic heterocycles. The number of aldehydes is 1.